The number of anilines is 1. The molecule has 0 unspecified atom stereocenters. The number of fused-ring (bicyclic) bond motifs is 1. The number of rotatable bonds is 4. The van der Waals surface area contributed by atoms with E-state index < -0.39 is 0 Å². The maximum Gasteiger partial charge on any atom is 0.291 e. The lowest BCUT2D eigenvalue weighted by Gasteiger charge is -2.26. The molecule has 3 rings (SSSR count). The quantitative estimate of drug-likeness (QED) is 0.935. The van der Waals surface area contributed by atoms with Crippen LogP contribution in [0.2, 0.25) is 0 Å². The number of ether oxygens (including phenoxy) is 1. The number of benzene rings is 1. The predicted molar refractivity (Wildman–Crippen MR) is 91.0 cm³/mol. The number of nitrogens with one attached hydrogen (secondary N) is 1. The molecule has 6 heteroatoms. The molecule has 0 spiro atoms. The Kier molecular flexibility index (Phi) is 4.85. The van der Waals surface area contributed by atoms with Gasteiger partial charge in [0.1, 0.15) is 11.3 Å². The predicted octanol–water partition coefficient (Wildman–Crippen LogP) is 2.89. The molecule has 1 aliphatic rings. The van der Waals surface area contributed by atoms with Crippen molar-refractivity contribution in [2.75, 3.05) is 31.6 Å². The van der Waals surface area contributed by atoms with Crippen LogP contribution in [0.25, 0.3) is 11.0 Å². The van der Waals surface area contributed by atoms with Crippen LogP contribution in [0.3, 0.4) is 0 Å². The minimum atomic E-state index is -0.214. The molecule has 2 heterocycles. The van der Waals surface area contributed by atoms with E-state index in [-0.39, 0.29) is 23.5 Å². The van der Waals surface area contributed by atoms with Crippen molar-refractivity contribution >= 4 is 28.5 Å². The third kappa shape index (κ3) is 3.14. The van der Waals surface area contributed by atoms with Crippen molar-refractivity contribution in [3.63, 3.8) is 0 Å². The molecule has 128 valence electrons. The number of nitrogens with zero attached hydrogens (tertiary/aromatic N) is 1. The SMILES string of the molecule is CC[C@H](C)C(=O)Nc1c(C(=O)N2CCOCC2)oc2ccccc12. The molecule has 24 heavy (non-hydrogen) atoms. The fraction of sp³-hybridized carbons (Fsp3) is 0.444. The summed E-state index contributed by atoms with van der Waals surface area (Å²) in [5.41, 5.74) is 1.06. The molecule has 1 atom stereocenters. The summed E-state index contributed by atoms with van der Waals surface area (Å²) in [5.74, 6) is -0.270. The van der Waals surface area contributed by atoms with Crippen LogP contribution in [0.15, 0.2) is 28.7 Å². The van der Waals surface area contributed by atoms with E-state index in [0.29, 0.717) is 37.6 Å². The molecule has 0 saturated carbocycles. The van der Waals surface area contributed by atoms with Crippen LogP contribution >= 0.6 is 0 Å². The third-order valence-corrected chi connectivity index (χ3v) is 4.40. The first-order chi connectivity index (χ1) is 11.6. The Labute approximate surface area is 140 Å². The molecular formula is C18H22N2O4. The summed E-state index contributed by atoms with van der Waals surface area (Å²) in [6.45, 7) is 5.89. The lowest BCUT2D eigenvalue weighted by Crippen LogP contribution is -2.40. The number of hydrogen-bond acceptors (Lipinski definition) is 4. The van der Waals surface area contributed by atoms with Crippen LogP contribution in [-0.2, 0) is 9.53 Å². The second-order valence-electron chi connectivity index (χ2n) is 6.01. The number of morpholine rings is 1. The maximum atomic E-state index is 12.8. The van der Waals surface area contributed by atoms with Gasteiger partial charge in [0, 0.05) is 24.4 Å². The Morgan fingerprint density at radius 3 is 2.67 bits per heavy atom. The smallest absolute Gasteiger partial charge is 0.291 e. The standard InChI is InChI=1S/C18H22N2O4/c1-3-12(2)17(21)19-15-13-6-4-5-7-14(13)24-16(15)18(22)20-8-10-23-11-9-20/h4-7,12H,3,8-11H2,1-2H3,(H,19,21)/t12-/m0/s1. The van der Waals surface area contributed by atoms with E-state index in [9.17, 15) is 9.59 Å². The summed E-state index contributed by atoms with van der Waals surface area (Å²) in [5, 5.41) is 3.63. The van der Waals surface area contributed by atoms with Gasteiger partial charge >= 0.3 is 0 Å². The highest BCUT2D eigenvalue weighted by molar-refractivity contribution is 6.11. The van der Waals surface area contributed by atoms with Crippen molar-refractivity contribution in [2.45, 2.75) is 20.3 Å². The van der Waals surface area contributed by atoms with E-state index in [1.54, 1.807) is 11.0 Å². The van der Waals surface area contributed by atoms with Crippen molar-refractivity contribution in [1.29, 1.82) is 0 Å². The van der Waals surface area contributed by atoms with Crippen LogP contribution in [0.1, 0.15) is 30.8 Å². The highest BCUT2D eigenvalue weighted by Crippen LogP contribution is 2.32. The lowest BCUT2D eigenvalue weighted by molar-refractivity contribution is -0.119. The molecule has 0 bridgehead atoms. The van der Waals surface area contributed by atoms with Gasteiger partial charge in [-0.25, -0.2) is 0 Å². The van der Waals surface area contributed by atoms with Crippen LogP contribution in [0, 0.1) is 5.92 Å². The van der Waals surface area contributed by atoms with E-state index >= 15 is 0 Å². The van der Waals surface area contributed by atoms with Crippen LogP contribution in [-0.4, -0.2) is 43.0 Å². The molecule has 2 aromatic rings. The van der Waals surface area contributed by atoms with Crippen molar-refractivity contribution in [1.82, 2.24) is 4.90 Å². The summed E-state index contributed by atoms with van der Waals surface area (Å²) < 4.78 is 11.1. The first-order valence-electron chi connectivity index (χ1n) is 8.31. The summed E-state index contributed by atoms with van der Waals surface area (Å²) in [6, 6.07) is 7.35. The number of hydrogen-bond donors (Lipinski definition) is 1. The van der Waals surface area contributed by atoms with Crippen molar-refractivity contribution in [3.05, 3.63) is 30.0 Å². The van der Waals surface area contributed by atoms with Gasteiger partial charge in [-0.1, -0.05) is 26.0 Å². The van der Waals surface area contributed by atoms with Crippen molar-refractivity contribution in [2.24, 2.45) is 5.92 Å². The largest absolute Gasteiger partial charge is 0.449 e. The fourth-order valence-corrected chi connectivity index (χ4v) is 2.66. The molecule has 1 N–H and O–H groups in total. The molecule has 1 aromatic carbocycles. The highest BCUT2D eigenvalue weighted by Gasteiger charge is 2.28. The van der Waals surface area contributed by atoms with Crippen LogP contribution in [0.5, 0.6) is 0 Å². The Morgan fingerprint density at radius 2 is 1.96 bits per heavy atom. The fourth-order valence-electron chi connectivity index (χ4n) is 2.66. The molecular weight excluding hydrogens is 308 g/mol. The van der Waals surface area contributed by atoms with E-state index in [1.807, 2.05) is 32.0 Å². The van der Waals surface area contributed by atoms with Gasteiger partial charge < -0.3 is 19.4 Å². The Bertz CT molecular complexity index is 747. The zero-order chi connectivity index (χ0) is 17.1. The highest BCUT2D eigenvalue weighted by atomic mass is 16.5. The van der Waals surface area contributed by atoms with E-state index in [0.717, 1.165) is 11.8 Å². The van der Waals surface area contributed by atoms with Gasteiger partial charge in [-0.15, -0.1) is 0 Å². The summed E-state index contributed by atoms with van der Waals surface area (Å²) in [4.78, 5) is 26.9. The molecule has 6 nitrogen and oxygen atoms in total. The van der Waals surface area contributed by atoms with Crippen LogP contribution in [0.4, 0.5) is 5.69 Å². The van der Waals surface area contributed by atoms with Gasteiger partial charge in [-0.05, 0) is 18.6 Å². The molecule has 1 fully saturated rings. The average Bonchev–Trinajstić information content (AvgIpc) is 2.99. The minimum Gasteiger partial charge on any atom is -0.449 e. The summed E-state index contributed by atoms with van der Waals surface area (Å²) in [6.07, 6.45) is 0.731. The number of furan rings is 1. The van der Waals surface area contributed by atoms with Gasteiger partial charge in [0.15, 0.2) is 0 Å². The zero-order valence-corrected chi connectivity index (χ0v) is 14.0. The second-order valence-corrected chi connectivity index (χ2v) is 6.01. The van der Waals surface area contributed by atoms with E-state index in [1.165, 1.54) is 0 Å². The van der Waals surface area contributed by atoms with Crippen molar-refractivity contribution in [3.8, 4) is 0 Å². The van der Waals surface area contributed by atoms with Gasteiger partial charge in [0.05, 0.1) is 13.2 Å². The lowest BCUT2D eigenvalue weighted by atomic mass is 10.1. The van der Waals surface area contributed by atoms with Crippen LogP contribution < -0.4 is 5.32 Å². The number of para-hydroxylation sites is 1. The molecule has 0 aliphatic carbocycles. The molecule has 2 amide bonds. The Hall–Kier alpha value is -2.34. The average molecular weight is 330 g/mol. The van der Waals surface area contributed by atoms with E-state index in [2.05, 4.69) is 5.32 Å². The van der Waals surface area contributed by atoms with E-state index in [4.69, 9.17) is 9.15 Å². The topological polar surface area (TPSA) is 71.8 Å². The number of amides is 2. The molecule has 1 saturated heterocycles. The summed E-state index contributed by atoms with van der Waals surface area (Å²) >= 11 is 0. The molecule has 0 radical (unpaired) electrons. The maximum absolute atomic E-state index is 12.8. The normalized spacial score (nSPS) is 16.2. The van der Waals surface area contributed by atoms with Crippen molar-refractivity contribution < 1.29 is 18.7 Å². The summed E-state index contributed by atoms with van der Waals surface area (Å²) in [7, 11) is 0. The zero-order valence-electron chi connectivity index (χ0n) is 14.0. The second kappa shape index (κ2) is 7.05. The Balaban J connectivity index is 1.98. The monoisotopic (exact) mass is 330 g/mol. The first kappa shape index (κ1) is 16.5. The van der Waals surface area contributed by atoms with Gasteiger partial charge in [-0.3, -0.25) is 9.59 Å². The minimum absolute atomic E-state index is 0.111. The number of carbonyl (C=O) groups is 2. The number of carbonyl (C=O) groups excluding carboxylic acids is 2. The van der Waals surface area contributed by atoms with Gasteiger partial charge in [0.25, 0.3) is 5.91 Å². The third-order valence-electron chi connectivity index (χ3n) is 4.40. The van der Waals surface area contributed by atoms with Gasteiger partial charge in [0.2, 0.25) is 11.7 Å². The molecule has 1 aliphatic heterocycles. The van der Waals surface area contributed by atoms with Gasteiger partial charge in [-0.2, -0.15) is 0 Å². The molecule has 1 aromatic heterocycles. The first-order valence-corrected chi connectivity index (χ1v) is 8.31. The Morgan fingerprint density at radius 1 is 1.25 bits per heavy atom.